The molecule has 1 aromatic rings. The molecule has 1 radical (unpaired) electrons. The molecule has 0 unspecified atom stereocenters. The Balaban J connectivity index is 2.63. The highest BCUT2D eigenvalue weighted by atomic mass is 15.3. The van der Waals surface area contributed by atoms with E-state index in [0.29, 0.717) is 0 Å². The molecule has 0 bridgehead atoms. The number of rotatable bonds is 0. The fraction of sp³-hybridized carbons (Fsp3) is 0. The largest absolute Gasteiger partial charge is 0.235 e. The van der Waals surface area contributed by atoms with Crippen molar-refractivity contribution in [3.8, 4) is 0 Å². The maximum absolute atomic E-state index is 3.97. The highest BCUT2D eigenvalue weighted by molar-refractivity contribution is 5.87. The molecule has 0 atom stereocenters. The van der Waals surface area contributed by atoms with Crippen LogP contribution in [0.4, 0.5) is 5.82 Å². The van der Waals surface area contributed by atoms with Crippen LogP contribution in [0, 0.1) is 0 Å². The van der Waals surface area contributed by atoms with E-state index in [4.69, 9.17) is 0 Å². The number of nitrogens with zero attached hydrogens (tertiary/aromatic N) is 3. The fourth-order valence-corrected chi connectivity index (χ4v) is 0.739. The molecule has 0 aliphatic carbocycles. The summed E-state index contributed by atoms with van der Waals surface area (Å²) in [6, 6.07) is 3.80. The molecule has 43 valence electrons. The van der Waals surface area contributed by atoms with Crippen LogP contribution in [0.3, 0.4) is 0 Å². The Hall–Kier alpha value is -1.38. The van der Waals surface area contributed by atoms with Gasteiger partial charge < -0.3 is 0 Å². The Labute approximate surface area is 52.4 Å². The molecule has 0 amide bonds. The van der Waals surface area contributed by atoms with Crippen LogP contribution in [0.1, 0.15) is 5.56 Å². The Bertz CT molecular complexity index is 254. The molecule has 2 rings (SSSR count). The van der Waals surface area contributed by atoms with E-state index < -0.39 is 0 Å². The van der Waals surface area contributed by atoms with Crippen molar-refractivity contribution in [2.45, 2.75) is 0 Å². The zero-order valence-electron chi connectivity index (χ0n) is 4.65. The number of hydrogen-bond acceptors (Lipinski definition) is 2. The second kappa shape index (κ2) is 1.55. The van der Waals surface area contributed by atoms with Gasteiger partial charge in [-0.3, -0.25) is 0 Å². The normalized spacial score (nSPS) is 12.9. The molecule has 1 aliphatic rings. The SMILES string of the molecule is C1=N[N]c2ncccc21. The summed E-state index contributed by atoms with van der Waals surface area (Å²) in [7, 11) is 0. The van der Waals surface area contributed by atoms with Gasteiger partial charge in [-0.15, -0.1) is 5.43 Å². The van der Waals surface area contributed by atoms with Gasteiger partial charge in [-0.1, -0.05) is 0 Å². The molecule has 2 heterocycles. The Morgan fingerprint density at radius 3 is 3.22 bits per heavy atom. The summed E-state index contributed by atoms with van der Waals surface area (Å²) in [5.74, 6) is 0.720. The van der Waals surface area contributed by atoms with E-state index in [1.165, 1.54) is 0 Å². The quantitative estimate of drug-likeness (QED) is 0.493. The third-order valence-corrected chi connectivity index (χ3v) is 1.17. The fourth-order valence-electron chi connectivity index (χ4n) is 0.739. The molecular weight excluding hydrogens is 114 g/mol. The number of pyridine rings is 1. The minimum absolute atomic E-state index is 0.720. The monoisotopic (exact) mass is 118 g/mol. The third-order valence-electron chi connectivity index (χ3n) is 1.17. The van der Waals surface area contributed by atoms with E-state index in [2.05, 4.69) is 15.5 Å². The topological polar surface area (TPSA) is 39.4 Å². The lowest BCUT2D eigenvalue weighted by atomic mass is 10.3. The summed E-state index contributed by atoms with van der Waals surface area (Å²) in [6.45, 7) is 0. The summed E-state index contributed by atoms with van der Waals surface area (Å²) >= 11 is 0. The van der Waals surface area contributed by atoms with Gasteiger partial charge in [0.05, 0.1) is 6.21 Å². The van der Waals surface area contributed by atoms with E-state index in [0.717, 1.165) is 11.4 Å². The number of hydrogen-bond donors (Lipinski definition) is 0. The molecule has 1 aliphatic heterocycles. The minimum Gasteiger partial charge on any atom is -0.235 e. The third kappa shape index (κ3) is 0.579. The molecule has 0 saturated heterocycles. The van der Waals surface area contributed by atoms with Crippen LogP contribution in [0.15, 0.2) is 23.4 Å². The van der Waals surface area contributed by atoms with Gasteiger partial charge in [-0.25, -0.2) is 4.98 Å². The van der Waals surface area contributed by atoms with Crippen molar-refractivity contribution in [2.75, 3.05) is 0 Å². The van der Waals surface area contributed by atoms with Crippen LogP contribution in [-0.2, 0) is 0 Å². The predicted octanol–water partition coefficient (Wildman–Crippen LogP) is 0.665. The highest BCUT2D eigenvalue weighted by Gasteiger charge is 2.05. The summed E-state index contributed by atoms with van der Waals surface area (Å²) < 4.78 is 0. The Morgan fingerprint density at radius 2 is 2.33 bits per heavy atom. The molecule has 0 saturated carbocycles. The average molecular weight is 118 g/mol. The van der Waals surface area contributed by atoms with Crippen LogP contribution < -0.4 is 5.43 Å². The Kier molecular flexibility index (Phi) is 0.773. The van der Waals surface area contributed by atoms with Crippen molar-refractivity contribution < 1.29 is 0 Å². The summed E-state index contributed by atoms with van der Waals surface area (Å²) in [5, 5.41) is 3.69. The summed E-state index contributed by atoms with van der Waals surface area (Å²) in [6.07, 6.45) is 3.40. The highest BCUT2D eigenvalue weighted by Crippen LogP contribution is 2.12. The first-order valence-corrected chi connectivity index (χ1v) is 2.66. The van der Waals surface area contributed by atoms with Crippen LogP contribution in [-0.4, -0.2) is 11.2 Å². The smallest absolute Gasteiger partial charge is 0.183 e. The van der Waals surface area contributed by atoms with Gasteiger partial charge in [0, 0.05) is 11.8 Å². The molecule has 3 nitrogen and oxygen atoms in total. The first kappa shape index (κ1) is 4.49. The molecule has 3 heteroatoms. The zero-order chi connectivity index (χ0) is 6.10. The van der Waals surface area contributed by atoms with Crippen LogP contribution in [0.5, 0.6) is 0 Å². The van der Waals surface area contributed by atoms with Crippen molar-refractivity contribution in [3.63, 3.8) is 0 Å². The van der Waals surface area contributed by atoms with Gasteiger partial charge in [-0.05, 0) is 12.1 Å². The van der Waals surface area contributed by atoms with E-state index in [1.807, 2.05) is 12.1 Å². The standard InChI is InChI=1S/C6H4N3/c1-2-5-4-8-9-6(5)7-3-1/h1-4H. The van der Waals surface area contributed by atoms with Crippen molar-refractivity contribution in [2.24, 2.45) is 5.10 Å². The predicted molar refractivity (Wildman–Crippen MR) is 33.6 cm³/mol. The van der Waals surface area contributed by atoms with Crippen LogP contribution in [0.25, 0.3) is 0 Å². The molecular formula is C6H4N3. The van der Waals surface area contributed by atoms with Crippen molar-refractivity contribution in [1.29, 1.82) is 0 Å². The lowest BCUT2D eigenvalue weighted by Crippen LogP contribution is -1.84. The molecule has 0 fully saturated rings. The lowest BCUT2D eigenvalue weighted by Gasteiger charge is -1.88. The second-order valence-electron chi connectivity index (χ2n) is 1.76. The van der Waals surface area contributed by atoms with E-state index >= 15 is 0 Å². The maximum Gasteiger partial charge on any atom is 0.183 e. The minimum atomic E-state index is 0.720. The first-order chi connectivity index (χ1) is 4.47. The molecule has 0 spiro atoms. The summed E-state index contributed by atoms with van der Waals surface area (Å²) in [5.41, 5.74) is 4.76. The van der Waals surface area contributed by atoms with Gasteiger partial charge in [0.25, 0.3) is 0 Å². The van der Waals surface area contributed by atoms with Gasteiger partial charge in [0.2, 0.25) is 0 Å². The van der Waals surface area contributed by atoms with Crippen molar-refractivity contribution in [1.82, 2.24) is 10.4 Å². The van der Waals surface area contributed by atoms with Crippen molar-refractivity contribution >= 4 is 12.0 Å². The maximum atomic E-state index is 3.97. The molecule has 0 N–H and O–H groups in total. The van der Waals surface area contributed by atoms with Gasteiger partial charge in [-0.2, -0.15) is 5.10 Å². The van der Waals surface area contributed by atoms with Gasteiger partial charge in [0.1, 0.15) is 0 Å². The number of aromatic nitrogens is 1. The van der Waals surface area contributed by atoms with E-state index in [-0.39, 0.29) is 0 Å². The molecule has 9 heavy (non-hydrogen) atoms. The van der Waals surface area contributed by atoms with Crippen LogP contribution >= 0.6 is 0 Å². The van der Waals surface area contributed by atoms with Gasteiger partial charge in [0.15, 0.2) is 5.82 Å². The second-order valence-corrected chi connectivity index (χ2v) is 1.76. The first-order valence-electron chi connectivity index (χ1n) is 2.66. The molecule has 1 aromatic heterocycles. The molecule has 0 aromatic carbocycles. The van der Waals surface area contributed by atoms with Crippen molar-refractivity contribution in [3.05, 3.63) is 23.9 Å². The summed E-state index contributed by atoms with van der Waals surface area (Å²) in [4.78, 5) is 3.97. The number of fused-ring (bicyclic) bond motifs is 1. The zero-order valence-corrected chi connectivity index (χ0v) is 4.65. The van der Waals surface area contributed by atoms with Gasteiger partial charge >= 0.3 is 0 Å². The lowest BCUT2D eigenvalue weighted by molar-refractivity contribution is 0.950. The van der Waals surface area contributed by atoms with E-state index in [9.17, 15) is 0 Å². The van der Waals surface area contributed by atoms with E-state index in [1.54, 1.807) is 12.4 Å². The van der Waals surface area contributed by atoms with Crippen LogP contribution in [0.2, 0.25) is 0 Å². The Morgan fingerprint density at radius 1 is 1.33 bits per heavy atom. The average Bonchev–Trinajstić information content (AvgIpc) is 2.33.